The second kappa shape index (κ2) is 4.22. The van der Waals surface area contributed by atoms with Crippen LogP contribution in [0.2, 0.25) is 0 Å². The highest BCUT2D eigenvalue weighted by atomic mass is 19.3. The van der Waals surface area contributed by atoms with E-state index in [0.29, 0.717) is 6.20 Å². The van der Waals surface area contributed by atoms with Crippen LogP contribution < -0.4 is 5.73 Å². The molecule has 0 aliphatic rings. The third kappa shape index (κ3) is 2.04. The van der Waals surface area contributed by atoms with Gasteiger partial charge in [0.15, 0.2) is 0 Å². The van der Waals surface area contributed by atoms with Crippen LogP contribution in [0.1, 0.15) is 17.7 Å². The number of hydrogen-bond donors (Lipinski definition) is 1. The molecule has 0 radical (unpaired) electrons. The van der Waals surface area contributed by atoms with Crippen LogP contribution in [0.15, 0.2) is 6.20 Å². The molecule has 1 aromatic rings. The minimum Gasteiger partial charge on any atom is -0.325 e. The van der Waals surface area contributed by atoms with Crippen molar-refractivity contribution < 1.29 is 18.1 Å². The molecule has 0 aromatic carbocycles. The van der Waals surface area contributed by atoms with Crippen LogP contribution in [0.5, 0.6) is 0 Å². The van der Waals surface area contributed by atoms with Gasteiger partial charge >= 0.3 is 5.69 Å². The van der Waals surface area contributed by atoms with Crippen molar-refractivity contribution in [2.45, 2.75) is 13.0 Å². The highest BCUT2D eigenvalue weighted by Gasteiger charge is 2.27. The summed E-state index contributed by atoms with van der Waals surface area (Å²) in [6.07, 6.45) is -2.61. The highest BCUT2D eigenvalue weighted by Crippen LogP contribution is 2.29. The summed E-state index contributed by atoms with van der Waals surface area (Å²) in [6, 6.07) is 0. The van der Waals surface area contributed by atoms with E-state index in [1.807, 2.05) is 0 Å². The Hall–Kier alpha value is -1.70. The van der Waals surface area contributed by atoms with E-state index in [0.717, 1.165) is 0 Å². The SMILES string of the molecule is NCc1ncc([N+](=O)[O-])c(F)c1C(F)F. The van der Waals surface area contributed by atoms with Gasteiger partial charge in [0.2, 0.25) is 5.82 Å². The normalized spacial score (nSPS) is 10.7. The summed E-state index contributed by atoms with van der Waals surface area (Å²) in [4.78, 5) is 12.4. The zero-order valence-electron chi connectivity index (χ0n) is 7.28. The van der Waals surface area contributed by atoms with E-state index in [1.54, 1.807) is 0 Å². The van der Waals surface area contributed by atoms with E-state index in [4.69, 9.17) is 5.73 Å². The number of rotatable bonds is 3. The van der Waals surface area contributed by atoms with Gasteiger partial charge in [-0.05, 0) is 0 Å². The van der Waals surface area contributed by atoms with Gasteiger partial charge in [0.05, 0.1) is 16.2 Å². The Bertz CT molecular complexity index is 397. The van der Waals surface area contributed by atoms with Crippen molar-refractivity contribution >= 4 is 5.69 Å². The molecular weight excluding hydrogens is 215 g/mol. The summed E-state index contributed by atoms with van der Waals surface area (Å²) in [5, 5.41) is 10.2. The third-order valence-electron chi connectivity index (χ3n) is 1.72. The first-order valence-corrected chi connectivity index (χ1v) is 3.79. The van der Waals surface area contributed by atoms with Crippen LogP contribution in [0.3, 0.4) is 0 Å². The maximum absolute atomic E-state index is 13.2. The molecule has 5 nitrogen and oxygen atoms in total. The largest absolute Gasteiger partial charge is 0.325 e. The lowest BCUT2D eigenvalue weighted by atomic mass is 10.1. The molecule has 1 heterocycles. The summed E-state index contributed by atoms with van der Waals surface area (Å²) in [5.41, 5.74) is 2.48. The summed E-state index contributed by atoms with van der Waals surface area (Å²) >= 11 is 0. The Kier molecular flexibility index (Phi) is 3.20. The first kappa shape index (κ1) is 11.4. The molecule has 0 atom stereocenters. The molecule has 0 aliphatic carbocycles. The number of hydrogen-bond acceptors (Lipinski definition) is 4. The van der Waals surface area contributed by atoms with E-state index >= 15 is 0 Å². The van der Waals surface area contributed by atoms with Gasteiger partial charge in [-0.1, -0.05) is 0 Å². The molecular formula is C7H6F3N3O2. The topological polar surface area (TPSA) is 82.0 Å². The Labute approximate surface area is 81.9 Å². The third-order valence-corrected chi connectivity index (χ3v) is 1.72. The van der Waals surface area contributed by atoms with Gasteiger partial charge in [0.25, 0.3) is 6.43 Å². The molecule has 2 N–H and O–H groups in total. The minimum absolute atomic E-state index is 0.381. The molecule has 0 amide bonds. The van der Waals surface area contributed by atoms with E-state index in [1.165, 1.54) is 0 Å². The lowest BCUT2D eigenvalue weighted by Gasteiger charge is -2.06. The Morgan fingerprint density at radius 1 is 1.60 bits per heavy atom. The number of nitrogens with zero attached hydrogens (tertiary/aromatic N) is 2. The van der Waals surface area contributed by atoms with Gasteiger partial charge in [0.1, 0.15) is 6.20 Å². The average Bonchev–Trinajstić information content (AvgIpc) is 2.15. The van der Waals surface area contributed by atoms with Crippen molar-refractivity contribution in [1.82, 2.24) is 4.98 Å². The van der Waals surface area contributed by atoms with Gasteiger partial charge in [-0.15, -0.1) is 0 Å². The molecule has 0 saturated carbocycles. The van der Waals surface area contributed by atoms with Crippen molar-refractivity contribution in [2.24, 2.45) is 5.73 Å². The summed E-state index contributed by atoms with van der Waals surface area (Å²) < 4.78 is 37.9. The predicted molar refractivity (Wildman–Crippen MR) is 43.7 cm³/mol. The first-order valence-electron chi connectivity index (χ1n) is 3.79. The highest BCUT2D eigenvalue weighted by molar-refractivity contribution is 5.37. The van der Waals surface area contributed by atoms with Gasteiger partial charge in [0, 0.05) is 6.54 Å². The Morgan fingerprint density at radius 2 is 2.20 bits per heavy atom. The van der Waals surface area contributed by atoms with Gasteiger partial charge in [-0.3, -0.25) is 15.1 Å². The molecule has 82 valence electrons. The van der Waals surface area contributed by atoms with Crippen molar-refractivity contribution in [3.8, 4) is 0 Å². The number of aromatic nitrogens is 1. The molecule has 0 spiro atoms. The standard InChI is InChI=1S/C7H6F3N3O2/c8-6-4(13(14)15)2-12-3(1-11)5(6)7(9)10/h2,7H,1,11H2. The quantitative estimate of drug-likeness (QED) is 0.619. The maximum atomic E-state index is 13.2. The molecule has 0 bridgehead atoms. The molecule has 8 heteroatoms. The van der Waals surface area contributed by atoms with Crippen molar-refractivity contribution in [2.75, 3.05) is 0 Å². The van der Waals surface area contributed by atoms with E-state index in [9.17, 15) is 23.3 Å². The number of alkyl halides is 2. The number of nitrogens with two attached hydrogens (primary N) is 1. The van der Waals surface area contributed by atoms with Crippen molar-refractivity contribution in [1.29, 1.82) is 0 Å². The van der Waals surface area contributed by atoms with Crippen molar-refractivity contribution in [3.63, 3.8) is 0 Å². The molecule has 15 heavy (non-hydrogen) atoms. The second-order valence-corrected chi connectivity index (χ2v) is 2.58. The van der Waals surface area contributed by atoms with Crippen molar-refractivity contribution in [3.05, 3.63) is 33.4 Å². The fourth-order valence-electron chi connectivity index (χ4n) is 1.04. The molecule has 0 fully saturated rings. The van der Waals surface area contributed by atoms with E-state index in [2.05, 4.69) is 4.98 Å². The van der Waals surface area contributed by atoms with Gasteiger partial charge in [-0.2, -0.15) is 4.39 Å². The fourth-order valence-corrected chi connectivity index (χ4v) is 1.04. The number of halogens is 3. The van der Waals surface area contributed by atoms with Crippen LogP contribution in [-0.2, 0) is 6.54 Å². The van der Waals surface area contributed by atoms with Crippen LogP contribution in [-0.4, -0.2) is 9.91 Å². The lowest BCUT2D eigenvalue weighted by Crippen LogP contribution is -2.09. The summed E-state index contributed by atoms with van der Waals surface area (Å²) in [5.74, 6) is -1.58. The molecule has 0 aliphatic heterocycles. The lowest BCUT2D eigenvalue weighted by molar-refractivity contribution is -0.388. The first-order chi connectivity index (χ1) is 6.99. The summed E-state index contributed by atoms with van der Waals surface area (Å²) in [7, 11) is 0. The minimum atomic E-state index is -3.18. The molecule has 1 rings (SSSR count). The van der Waals surface area contributed by atoms with E-state index < -0.39 is 35.0 Å². The molecule has 0 unspecified atom stereocenters. The Balaban J connectivity index is 3.42. The number of nitro groups is 1. The predicted octanol–water partition coefficient (Wildman–Crippen LogP) is 1.53. The van der Waals surface area contributed by atoms with Gasteiger partial charge in [-0.25, -0.2) is 8.78 Å². The maximum Gasteiger partial charge on any atom is 0.323 e. The zero-order valence-corrected chi connectivity index (χ0v) is 7.28. The second-order valence-electron chi connectivity index (χ2n) is 2.58. The Morgan fingerprint density at radius 3 is 2.60 bits per heavy atom. The number of pyridine rings is 1. The molecule has 0 saturated heterocycles. The molecule has 1 aromatic heterocycles. The van der Waals surface area contributed by atoms with Gasteiger partial charge < -0.3 is 5.73 Å². The fraction of sp³-hybridized carbons (Fsp3) is 0.286. The van der Waals surface area contributed by atoms with Crippen LogP contribution in [0.4, 0.5) is 18.9 Å². The monoisotopic (exact) mass is 221 g/mol. The average molecular weight is 221 g/mol. The zero-order chi connectivity index (χ0) is 11.6. The van der Waals surface area contributed by atoms with Crippen LogP contribution in [0, 0.1) is 15.9 Å². The summed E-state index contributed by atoms with van der Waals surface area (Å²) in [6.45, 7) is -0.408. The van der Waals surface area contributed by atoms with Crippen LogP contribution >= 0.6 is 0 Å². The van der Waals surface area contributed by atoms with E-state index in [-0.39, 0.29) is 5.69 Å². The van der Waals surface area contributed by atoms with Crippen LogP contribution in [0.25, 0.3) is 0 Å². The smallest absolute Gasteiger partial charge is 0.323 e.